The minimum Gasteiger partial charge on any atom is -0.353 e. The van der Waals surface area contributed by atoms with Crippen LogP contribution in [0.4, 0.5) is 0 Å². The van der Waals surface area contributed by atoms with E-state index in [0.29, 0.717) is 30.9 Å². The fourth-order valence-corrected chi connectivity index (χ4v) is 3.82. The monoisotopic (exact) mass is 360 g/mol. The second kappa shape index (κ2) is 6.46. The molecule has 138 valence electrons. The van der Waals surface area contributed by atoms with E-state index in [1.807, 2.05) is 36.4 Å². The first-order valence-corrected chi connectivity index (χ1v) is 9.32. The Balaban J connectivity index is 1.85. The Morgan fingerprint density at radius 3 is 2.15 bits per heavy atom. The molecule has 0 saturated heterocycles. The van der Waals surface area contributed by atoms with Gasteiger partial charge in [-0.3, -0.25) is 14.5 Å². The zero-order valence-corrected chi connectivity index (χ0v) is 16.0. The number of rotatable bonds is 2. The highest BCUT2D eigenvalue weighted by atomic mass is 16.2. The molecule has 0 atom stereocenters. The standard InChI is InChI=1S/C23H24N2O2/c1-23(2,3)25-14-19-20(24(15-25)13-16-9-5-4-6-10-16)17-11-7-8-12-18(17)21(26)22(19)27/h4-12H,13-15H2,1-3H3. The van der Waals surface area contributed by atoms with Crippen molar-refractivity contribution in [2.24, 2.45) is 0 Å². The van der Waals surface area contributed by atoms with Crippen molar-refractivity contribution in [2.75, 3.05) is 13.2 Å². The highest BCUT2D eigenvalue weighted by Crippen LogP contribution is 2.37. The van der Waals surface area contributed by atoms with Gasteiger partial charge in [0.25, 0.3) is 0 Å². The van der Waals surface area contributed by atoms with E-state index in [0.717, 1.165) is 11.3 Å². The maximum atomic E-state index is 12.9. The van der Waals surface area contributed by atoms with E-state index >= 15 is 0 Å². The number of Topliss-reactive ketones (excluding diaryl/α,β-unsaturated/α-hetero) is 2. The molecular formula is C23H24N2O2. The van der Waals surface area contributed by atoms with Gasteiger partial charge in [-0.1, -0.05) is 54.6 Å². The topological polar surface area (TPSA) is 40.6 Å². The van der Waals surface area contributed by atoms with Crippen LogP contribution in [0.1, 0.15) is 42.3 Å². The molecule has 0 N–H and O–H groups in total. The van der Waals surface area contributed by atoms with E-state index in [2.05, 4.69) is 42.7 Å². The SMILES string of the molecule is CC(C)(C)N1CC2=C(c3ccccc3C(=O)C2=O)N(Cc2ccccc2)C1. The second-order valence-electron chi connectivity index (χ2n) is 8.22. The van der Waals surface area contributed by atoms with Crippen LogP contribution >= 0.6 is 0 Å². The Morgan fingerprint density at radius 1 is 0.852 bits per heavy atom. The van der Waals surface area contributed by atoms with Gasteiger partial charge in [0.15, 0.2) is 0 Å². The lowest BCUT2D eigenvalue weighted by Gasteiger charge is -2.46. The first-order chi connectivity index (χ1) is 12.9. The average Bonchev–Trinajstić information content (AvgIpc) is 2.66. The van der Waals surface area contributed by atoms with Gasteiger partial charge < -0.3 is 4.90 Å². The highest BCUT2D eigenvalue weighted by molar-refractivity contribution is 6.52. The zero-order valence-electron chi connectivity index (χ0n) is 16.0. The minimum absolute atomic E-state index is 0.103. The molecule has 1 heterocycles. The molecule has 0 radical (unpaired) electrons. The van der Waals surface area contributed by atoms with Crippen LogP contribution in [0.5, 0.6) is 0 Å². The van der Waals surface area contributed by atoms with Crippen LogP contribution in [0.25, 0.3) is 5.70 Å². The van der Waals surface area contributed by atoms with Crippen molar-refractivity contribution in [1.82, 2.24) is 9.80 Å². The van der Waals surface area contributed by atoms with E-state index in [-0.39, 0.29) is 17.1 Å². The normalized spacial score (nSPS) is 17.8. The van der Waals surface area contributed by atoms with Crippen LogP contribution in [-0.4, -0.2) is 40.1 Å². The van der Waals surface area contributed by atoms with Crippen molar-refractivity contribution in [3.05, 3.63) is 76.9 Å². The van der Waals surface area contributed by atoms with Gasteiger partial charge >= 0.3 is 0 Å². The summed E-state index contributed by atoms with van der Waals surface area (Å²) in [7, 11) is 0. The molecule has 0 unspecified atom stereocenters. The maximum Gasteiger partial charge on any atom is 0.233 e. The molecule has 2 aromatic carbocycles. The Labute approximate surface area is 160 Å². The lowest BCUT2D eigenvalue weighted by Crippen LogP contribution is -2.53. The van der Waals surface area contributed by atoms with Crippen LogP contribution in [0.2, 0.25) is 0 Å². The number of carbonyl (C=O) groups excluding carboxylic acids is 2. The number of benzene rings is 2. The van der Waals surface area contributed by atoms with Gasteiger partial charge in [-0.05, 0) is 26.3 Å². The number of nitrogens with zero attached hydrogens (tertiary/aromatic N) is 2. The molecule has 4 nitrogen and oxygen atoms in total. The summed E-state index contributed by atoms with van der Waals surface area (Å²) in [6.07, 6.45) is 0. The Morgan fingerprint density at radius 2 is 1.48 bits per heavy atom. The summed E-state index contributed by atoms with van der Waals surface area (Å²) in [5.74, 6) is -0.754. The fourth-order valence-electron chi connectivity index (χ4n) is 3.82. The molecular weight excluding hydrogens is 336 g/mol. The molecule has 0 bridgehead atoms. The van der Waals surface area contributed by atoms with Crippen molar-refractivity contribution < 1.29 is 9.59 Å². The first kappa shape index (κ1) is 17.7. The minimum atomic E-state index is -0.389. The first-order valence-electron chi connectivity index (χ1n) is 9.32. The molecule has 4 heteroatoms. The van der Waals surface area contributed by atoms with Crippen molar-refractivity contribution in [2.45, 2.75) is 32.9 Å². The van der Waals surface area contributed by atoms with Gasteiger partial charge in [-0.2, -0.15) is 0 Å². The number of carbonyl (C=O) groups is 2. The van der Waals surface area contributed by atoms with Crippen molar-refractivity contribution >= 4 is 17.3 Å². The van der Waals surface area contributed by atoms with Crippen molar-refractivity contribution in [3.8, 4) is 0 Å². The number of ketones is 2. The Kier molecular flexibility index (Phi) is 4.23. The highest BCUT2D eigenvalue weighted by Gasteiger charge is 2.40. The Bertz CT molecular complexity index is 938. The largest absolute Gasteiger partial charge is 0.353 e. The molecule has 0 amide bonds. The lowest BCUT2D eigenvalue weighted by molar-refractivity contribution is -0.112. The van der Waals surface area contributed by atoms with Crippen LogP contribution in [-0.2, 0) is 11.3 Å². The van der Waals surface area contributed by atoms with Gasteiger partial charge in [-0.25, -0.2) is 0 Å². The van der Waals surface area contributed by atoms with Gasteiger partial charge in [0.05, 0.1) is 12.4 Å². The number of fused-ring (bicyclic) bond motifs is 2. The van der Waals surface area contributed by atoms with E-state index < -0.39 is 0 Å². The summed E-state index contributed by atoms with van der Waals surface area (Å²) in [5, 5.41) is 0. The third-order valence-electron chi connectivity index (χ3n) is 5.36. The summed E-state index contributed by atoms with van der Waals surface area (Å²) in [5.41, 5.74) is 4.01. The van der Waals surface area contributed by atoms with E-state index in [4.69, 9.17) is 0 Å². The predicted molar refractivity (Wildman–Crippen MR) is 106 cm³/mol. The van der Waals surface area contributed by atoms with Crippen molar-refractivity contribution in [1.29, 1.82) is 0 Å². The molecule has 0 fully saturated rings. The summed E-state index contributed by atoms with van der Waals surface area (Å²) >= 11 is 0. The number of hydrogen-bond donors (Lipinski definition) is 0. The molecule has 2 aromatic rings. The average molecular weight is 360 g/mol. The molecule has 1 aliphatic carbocycles. The molecule has 1 aliphatic heterocycles. The van der Waals surface area contributed by atoms with Gasteiger partial charge in [0.1, 0.15) is 0 Å². The van der Waals surface area contributed by atoms with Gasteiger partial charge in [-0.15, -0.1) is 0 Å². The Hall–Kier alpha value is -2.72. The summed E-state index contributed by atoms with van der Waals surface area (Å²) < 4.78 is 0. The smallest absolute Gasteiger partial charge is 0.233 e. The summed E-state index contributed by atoms with van der Waals surface area (Å²) in [6, 6.07) is 17.7. The zero-order chi connectivity index (χ0) is 19.2. The van der Waals surface area contributed by atoms with Gasteiger partial charge in [0.2, 0.25) is 11.6 Å². The third-order valence-corrected chi connectivity index (χ3v) is 5.36. The molecule has 4 rings (SSSR count). The van der Waals surface area contributed by atoms with Crippen LogP contribution in [0, 0.1) is 0 Å². The lowest BCUT2D eigenvalue weighted by atomic mass is 9.84. The summed E-state index contributed by atoms with van der Waals surface area (Å²) in [4.78, 5) is 30.1. The third kappa shape index (κ3) is 3.10. The fraction of sp³-hybridized carbons (Fsp3) is 0.304. The second-order valence-corrected chi connectivity index (χ2v) is 8.22. The van der Waals surface area contributed by atoms with Crippen LogP contribution in [0.15, 0.2) is 60.2 Å². The van der Waals surface area contributed by atoms with Crippen LogP contribution < -0.4 is 0 Å². The molecule has 2 aliphatic rings. The number of hydrogen-bond acceptors (Lipinski definition) is 4. The molecule has 0 spiro atoms. The molecule has 0 aromatic heterocycles. The molecule has 27 heavy (non-hydrogen) atoms. The van der Waals surface area contributed by atoms with Crippen LogP contribution in [0.3, 0.4) is 0 Å². The predicted octanol–water partition coefficient (Wildman–Crippen LogP) is 3.74. The van der Waals surface area contributed by atoms with E-state index in [1.54, 1.807) is 6.07 Å². The van der Waals surface area contributed by atoms with Crippen molar-refractivity contribution in [3.63, 3.8) is 0 Å². The summed E-state index contributed by atoms with van der Waals surface area (Å²) in [6.45, 7) is 8.34. The van der Waals surface area contributed by atoms with E-state index in [9.17, 15) is 9.59 Å². The molecule has 0 saturated carbocycles. The van der Waals surface area contributed by atoms with Gasteiger partial charge in [0, 0.05) is 35.3 Å². The quantitative estimate of drug-likeness (QED) is 0.765. The maximum absolute atomic E-state index is 12.9. The van der Waals surface area contributed by atoms with E-state index in [1.165, 1.54) is 5.56 Å².